The molecule has 2 aromatic heterocycles. The first-order chi connectivity index (χ1) is 10.2. The summed E-state index contributed by atoms with van der Waals surface area (Å²) in [4.78, 5) is 6.37. The minimum Gasteiger partial charge on any atom is -0.375 e. The number of fused-ring (bicyclic) bond motifs is 1. The van der Waals surface area contributed by atoms with Gasteiger partial charge in [-0.3, -0.25) is 4.90 Å². The second kappa shape index (κ2) is 6.25. The predicted molar refractivity (Wildman–Crippen MR) is 77.6 cm³/mol. The molecule has 0 bridgehead atoms. The molecule has 21 heavy (non-hydrogen) atoms. The zero-order chi connectivity index (χ0) is 14.7. The van der Waals surface area contributed by atoms with Crippen LogP contribution in [0.5, 0.6) is 0 Å². The molecule has 0 unspecified atom stereocenters. The van der Waals surface area contributed by atoms with Crippen LogP contribution in [0, 0.1) is 0 Å². The molecule has 1 aromatic carbocycles. The summed E-state index contributed by atoms with van der Waals surface area (Å²) in [6, 6.07) is 6.11. The van der Waals surface area contributed by atoms with Gasteiger partial charge in [-0.1, -0.05) is 11.2 Å². The third-order valence-electron chi connectivity index (χ3n) is 2.96. The number of benzene rings is 1. The average molecular weight is 305 g/mol. The van der Waals surface area contributed by atoms with Gasteiger partial charge in [0.05, 0.1) is 18.3 Å². The molecule has 0 saturated heterocycles. The molecule has 110 valence electrons. The van der Waals surface area contributed by atoms with Crippen LogP contribution in [0.4, 0.5) is 0 Å². The lowest BCUT2D eigenvalue weighted by atomic mass is 10.2. The van der Waals surface area contributed by atoms with E-state index in [4.69, 9.17) is 9.26 Å². The molecule has 0 amide bonds. The number of rotatable bonds is 6. The van der Waals surface area contributed by atoms with Gasteiger partial charge in [0.25, 0.3) is 5.89 Å². The monoisotopic (exact) mass is 305 g/mol. The fraction of sp³-hybridized carbons (Fsp3) is 0.385. The molecule has 0 atom stereocenters. The molecule has 0 fully saturated rings. The van der Waals surface area contributed by atoms with Gasteiger partial charge in [-0.2, -0.15) is 13.7 Å². The lowest BCUT2D eigenvalue weighted by Crippen LogP contribution is -2.18. The molecule has 0 saturated carbocycles. The van der Waals surface area contributed by atoms with Crippen LogP contribution in [-0.2, 0) is 24.4 Å². The molecule has 0 aliphatic heterocycles. The van der Waals surface area contributed by atoms with Gasteiger partial charge in [-0.15, -0.1) is 0 Å². The van der Waals surface area contributed by atoms with Crippen molar-refractivity contribution in [1.82, 2.24) is 23.8 Å². The summed E-state index contributed by atoms with van der Waals surface area (Å²) in [5, 5.41) is 3.93. The Bertz CT molecular complexity index is 726. The van der Waals surface area contributed by atoms with E-state index >= 15 is 0 Å². The molecular weight excluding hydrogens is 290 g/mol. The van der Waals surface area contributed by atoms with Gasteiger partial charge in [0.15, 0.2) is 5.82 Å². The summed E-state index contributed by atoms with van der Waals surface area (Å²) in [6.45, 7) is 1.73. The van der Waals surface area contributed by atoms with Crippen molar-refractivity contribution >= 4 is 22.8 Å². The molecule has 0 N–H and O–H groups in total. The van der Waals surface area contributed by atoms with Crippen molar-refractivity contribution in [2.75, 3.05) is 14.2 Å². The lowest BCUT2D eigenvalue weighted by Gasteiger charge is -2.14. The van der Waals surface area contributed by atoms with Crippen LogP contribution < -0.4 is 0 Å². The fourth-order valence-electron chi connectivity index (χ4n) is 2.07. The highest BCUT2D eigenvalue weighted by molar-refractivity contribution is 7.00. The van der Waals surface area contributed by atoms with Crippen LogP contribution in [-0.4, -0.2) is 37.9 Å². The Hall–Kier alpha value is -1.90. The van der Waals surface area contributed by atoms with E-state index in [1.807, 2.05) is 13.1 Å². The zero-order valence-electron chi connectivity index (χ0n) is 11.8. The van der Waals surface area contributed by atoms with Crippen LogP contribution in [0.25, 0.3) is 11.0 Å². The van der Waals surface area contributed by atoms with E-state index < -0.39 is 0 Å². The first-order valence-electron chi connectivity index (χ1n) is 6.45. The smallest absolute Gasteiger partial charge is 0.252 e. The molecule has 3 aromatic rings. The van der Waals surface area contributed by atoms with Crippen LogP contribution in [0.15, 0.2) is 22.7 Å². The Labute approximate surface area is 125 Å². The molecule has 0 radical (unpaired) electrons. The quantitative estimate of drug-likeness (QED) is 0.687. The first-order valence-corrected chi connectivity index (χ1v) is 7.18. The Morgan fingerprint density at radius 3 is 2.95 bits per heavy atom. The van der Waals surface area contributed by atoms with Crippen molar-refractivity contribution in [3.05, 3.63) is 35.5 Å². The van der Waals surface area contributed by atoms with E-state index in [1.54, 1.807) is 7.11 Å². The van der Waals surface area contributed by atoms with Crippen LogP contribution in [0.1, 0.15) is 17.3 Å². The molecular formula is C13H15N5O2S. The van der Waals surface area contributed by atoms with Crippen molar-refractivity contribution in [2.45, 2.75) is 19.7 Å². The van der Waals surface area contributed by atoms with Crippen molar-refractivity contribution in [3.63, 3.8) is 0 Å². The SMILES string of the molecule is COCc1nc(CN(C)Cc2ccc3nsnc3c2)no1. The van der Waals surface area contributed by atoms with E-state index in [0.717, 1.165) is 17.6 Å². The summed E-state index contributed by atoms with van der Waals surface area (Å²) < 4.78 is 18.5. The van der Waals surface area contributed by atoms with E-state index in [9.17, 15) is 0 Å². The Balaban J connectivity index is 1.63. The second-order valence-corrected chi connectivity index (χ2v) is 5.33. The third-order valence-corrected chi connectivity index (χ3v) is 3.52. The number of nitrogens with zero attached hydrogens (tertiary/aromatic N) is 5. The molecule has 2 heterocycles. The van der Waals surface area contributed by atoms with Crippen molar-refractivity contribution in [1.29, 1.82) is 0 Å². The molecule has 8 heteroatoms. The van der Waals surface area contributed by atoms with Gasteiger partial charge in [0.2, 0.25) is 0 Å². The Morgan fingerprint density at radius 1 is 1.24 bits per heavy atom. The minimum absolute atomic E-state index is 0.338. The van der Waals surface area contributed by atoms with Crippen LogP contribution in [0.2, 0.25) is 0 Å². The van der Waals surface area contributed by atoms with E-state index in [0.29, 0.717) is 24.9 Å². The molecule has 0 spiro atoms. The topological polar surface area (TPSA) is 77.2 Å². The Kier molecular flexibility index (Phi) is 4.18. The molecule has 0 aliphatic rings. The first kappa shape index (κ1) is 14.1. The molecule has 0 aliphatic carbocycles. The maximum atomic E-state index is 5.07. The molecule has 7 nitrogen and oxygen atoms in total. The van der Waals surface area contributed by atoms with Gasteiger partial charge >= 0.3 is 0 Å². The van der Waals surface area contributed by atoms with Crippen molar-refractivity contribution in [2.24, 2.45) is 0 Å². The number of hydrogen-bond acceptors (Lipinski definition) is 8. The van der Waals surface area contributed by atoms with E-state index in [-0.39, 0.29) is 0 Å². The second-order valence-electron chi connectivity index (χ2n) is 4.80. The van der Waals surface area contributed by atoms with Gasteiger partial charge in [-0.25, -0.2) is 0 Å². The summed E-state index contributed by atoms with van der Waals surface area (Å²) in [5.41, 5.74) is 3.06. The molecule has 3 rings (SSSR count). The lowest BCUT2D eigenvalue weighted by molar-refractivity contribution is 0.151. The standard InChI is InChI=1S/C13H15N5O2S/c1-18(7-12-14-13(8-19-2)20-15-12)6-9-3-4-10-11(5-9)17-21-16-10/h3-5H,6-8H2,1-2H3. The largest absolute Gasteiger partial charge is 0.375 e. The normalized spacial score (nSPS) is 11.6. The zero-order valence-corrected chi connectivity index (χ0v) is 12.6. The fourth-order valence-corrected chi connectivity index (χ4v) is 2.59. The summed E-state index contributed by atoms with van der Waals surface area (Å²) in [7, 11) is 3.61. The maximum Gasteiger partial charge on any atom is 0.252 e. The van der Waals surface area contributed by atoms with Crippen LogP contribution >= 0.6 is 11.7 Å². The highest BCUT2D eigenvalue weighted by Gasteiger charge is 2.10. The Morgan fingerprint density at radius 2 is 2.10 bits per heavy atom. The van der Waals surface area contributed by atoms with E-state index in [1.165, 1.54) is 17.3 Å². The third kappa shape index (κ3) is 3.41. The highest BCUT2D eigenvalue weighted by Crippen LogP contribution is 2.15. The number of hydrogen-bond donors (Lipinski definition) is 0. The summed E-state index contributed by atoms with van der Waals surface area (Å²) >= 11 is 1.23. The number of ether oxygens (including phenoxy) is 1. The van der Waals surface area contributed by atoms with Crippen molar-refractivity contribution < 1.29 is 9.26 Å². The average Bonchev–Trinajstić information content (AvgIpc) is 3.08. The number of aromatic nitrogens is 4. The number of methoxy groups -OCH3 is 1. The van der Waals surface area contributed by atoms with Crippen molar-refractivity contribution in [3.8, 4) is 0 Å². The summed E-state index contributed by atoms with van der Waals surface area (Å²) in [6.07, 6.45) is 0. The van der Waals surface area contributed by atoms with Crippen LogP contribution in [0.3, 0.4) is 0 Å². The van der Waals surface area contributed by atoms with Gasteiger partial charge < -0.3 is 9.26 Å². The van der Waals surface area contributed by atoms with Gasteiger partial charge in [0, 0.05) is 13.7 Å². The van der Waals surface area contributed by atoms with Gasteiger partial charge in [-0.05, 0) is 24.7 Å². The maximum absolute atomic E-state index is 5.07. The summed E-state index contributed by atoms with van der Waals surface area (Å²) in [5.74, 6) is 1.15. The van der Waals surface area contributed by atoms with Gasteiger partial charge in [0.1, 0.15) is 17.6 Å². The minimum atomic E-state index is 0.338. The predicted octanol–water partition coefficient (Wildman–Crippen LogP) is 1.85. The van der Waals surface area contributed by atoms with E-state index in [2.05, 4.69) is 35.9 Å². The highest BCUT2D eigenvalue weighted by atomic mass is 32.1.